The molecule has 2 aromatic rings. The lowest BCUT2D eigenvalue weighted by Crippen LogP contribution is -2.26. The van der Waals surface area contributed by atoms with Crippen molar-refractivity contribution in [3.8, 4) is 0 Å². The maximum Gasteiger partial charge on any atom is 0.126 e. The molecular weight excluding hydrogens is 268 g/mol. The summed E-state index contributed by atoms with van der Waals surface area (Å²) >= 11 is 0. The van der Waals surface area contributed by atoms with Crippen LogP contribution in [0, 0.1) is 17.6 Å². The average molecular weight is 289 g/mol. The van der Waals surface area contributed by atoms with Crippen molar-refractivity contribution < 1.29 is 8.78 Å². The molecule has 0 fully saturated rings. The molecule has 1 nitrogen and oxygen atoms in total. The van der Waals surface area contributed by atoms with Crippen LogP contribution in [0.4, 0.5) is 8.78 Å². The van der Waals surface area contributed by atoms with Crippen LogP contribution in [0.15, 0.2) is 48.5 Å². The van der Waals surface area contributed by atoms with Crippen molar-refractivity contribution in [2.75, 3.05) is 13.1 Å². The molecule has 0 spiro atoms. The SMILES string of the molecule is CCNCC(Cc1cccc(F)c1)Cc1ccccc1F. The minimum atomic E-state index is -0.222. The van der Waals surface area contributed by atoms with E-state index in [9.17, 15) is 8.78 Å². The molecule has 0 heterocycles. The lowest BCUT2D eigenvalue weighted by molar-refractivity contribution is 0.466. The summed E-state index contributed by atoms with van der Waals surface area (Å²) in [6.45, 7) is 3.71. The van der Waals surface area contributed by atoms with E-state index in [1.54, 1.807) is 18.2 Å². The normalized spacial score (nSPS) is 12.3. The van der Waals surface area contributed by atoms with Crippen molar-refractivity contribution >= 4 is 0 Å². The van der Waals surface area contributed by atoms with Crippen molar-refractivity contribution in [1.82, 2.24) is 5.32 Å². The molecule has 21 heavy (non-hydrogen) atoms. The van der Waals surface area contributed by atoms with E-state index in [0.717, 1.165) is 30.6 Å². The van der Waals surface area contributed by atoms with E-state index in [0.29, 0.717) is 6.42 Å². The Labute approximate surface area is 125 Å². The van der Waals surface area contributed by atoms with Gasteiger partial charge in [0.15, 0.2) is 0 Å². The van der Waals surface area contributed by atoms with Crippen LogP contribution in [-0.2, 0) is 12.8 Å². The van der Waals surface area contributed by atoms with Crippen LogP contribution in [0.1, 0.15) is 18.1 Å². The lowest BCUT2D eigenvalue weighted by atomic mass is 9.92. The highest BCUT2D eigenvalue weighted by Gasteiger charge is 2.13. The molecule has 2 aromatic carbocycles. The Balaban J connectivity index is 2.09. The monoisotopic (exact) mass is 289 g/mol. The molecule has 0 aromatic heterocycles. The van der Waals surface area contributed by atoms with E-state index in [1.165, 1.54) is 12.1 Å². The second kappa shape index (κ2) is 7.89. The maximum atomic E-state index is 13.8. The van der Waals surface area contributed by atoms with Crippen LogP contribution in [0.5, 0.6) is 0 Å². The number of hydrogen-bond donors (Lipinski definition) is 1. The van der Waals surface area contributed by atoms with Crippen molar-refractivity contribution in [2.45, 2.75) is 19.8 Å². The summed E-state index contributed by atoms with van der Waals surface area (Å²) in [5.41, 5.74) is 1.67. The molecule has 0 bridgehead atoms. The second-order valence-electron chi connectivity index (χ2n) is 5.30. The van der Waals surface area contributed by atoms with Crippen LogP contribution in [0.25, 0.3) is 0 Å². The molecule has 0 aliphatic heterocycles. The van der Waals surface area contributed by atoms with Gasteiger partial charge in [0.05, 0.1) is 0 Å². The molecule has 0 saturated carbocycles. The molecule has 0 radical (unpaired) electrons. The number of halogens is 2. The maximum absolute atomic E-state index is 13.8. The number of benzene rings is 2. The number of rotatable bonds is 7. The van der Waals surface area contributed by atoms with Gasteiger partial charge in [-0.15, -0.1) is 0 Å². The van der Waals surface area contributed by atoms with Crippen molar-refractivity contribution in [3.63, 3.8) is 0 Å². The van der Waals surface area contributed by atoms with Gasteiger partial charge in [0.1, 0.15) is 11.6 Å². The molecule has 1 unspecified atom stereocenters. The van der Waals surface area contributed by atoms with E-state index in [2.05, 4.69) is 5.32 Å². The van der Waals surface area contributed by atoms with Gasteiger partial charge < -0.3 is 5.32 Å². The highest BCUT2D eigenvalue weighted by atomic mass is 19.1. The molecule has 0 aliphatic rings. The lowest BCUT2D eigenvalue weighted by Gasteiger charge is -2.18. The second-order valence-corrected chi connectivity index (χ2v) is 5.30. The van der Waals surface area contributed by atoms with Gasteiger partial charge in [-0.05, 0) is 61.2 Å². The molecule has 112 valence electrons. The molecule has 2 rings (SSSR count). The largest absolute Gasteiger partial charge is 0.317 e. The predicted molar refractivity (Wildman–Crippen MR) is 82.2 cm³/mol. The Bertz CT molecular complexity index is 569. The van der Waals surface area contributed by atoms with Gasteiger partial charge in [0.2, 0.25) is 0 Å². The fraction of sp³-hybridized carbons (Fsp3) is 0.333. The average Bonchev–Trinajstić information content (AvgIpc) is 2.47. The summed E-state index contributed by atoms with van der Waals surface area (Å²) in [4.78, 5) is 0. The van der Waals surface area contributed by atoms with Crippen molar-refractivity contribution in [1.29, 1.82) is 0 Å². The van der Waals surface area contributed by atoms with Crippen molar-refractivity contribution in [3.05, 3.63) is 71.3 Å². The molecule has 1 atom stereocenters. The van der Waals surface area contributed by atoms with Crippen LogP contribution in [0.3, 0.4) is 0 Å². The van der Waals surface area contributed by atoms with E-state index >= 15 is 0 Å². The summed E-state index contributed by atoms with van der Waals surface area (Å²) in [5.74, 6) is -0.150. The van der Waals surface area contributed by atoms with E-state index in [1.807, 2.05) is 25.1 Å². The van der Waals surface area contributed by atoms with Crippen molar-refractivity contribution in [2.24, 2.45) is 5.92 Å². The Kier molecular flexibility index (Phi) is 5.88. The highest BCUT2D eigenvalue weighted by molar-refractivity contribution is 5.20. The Morgan fingerprint density at radius 3 is 2.52 bits per heavy atom. The van der Waals surface area contributed by atoms with Gasteiger partial charge in [-0.3, -0.25) is 0 Å². The Morgan fingerprint density at radius 2 is 1.81 bits per heavy atom. The van der Waals surface area contributed by atoms with Crippen LogP contribution in [-0.4, -0.2) is 13.1 Å². The standard InChI is InChI=1S/C18H21F2N/c1-2-21-13-15(10-14-6-5-8-17(19)12-14)11-16-7-3-4-9-18(16)20/h3-9,12,15,21H,2,10-11,13H2,1H3. The predicted octanol–water partition coefficient (Wildman–Crippen LogP) is 3.98. The van der Waals surface area contributed by atoms with Gasteiger partial charge in [0.25, 0.3) is 0 Å². The quantitative estimate of drug-likeness (QED) is 0.813. The molecule has 0 aliphatic carbocycles. The molecule has 0 saturated heterocycles. The van der Waals surface area contributed by atoms with Gasteiger partial charge >= 0.3 is 0 Å². The summed E-state index contributed by atoms with van der Waals surface area (Å²) in [5, 5.41) is 3.31. The third-order valence-corrected chi connectivity index (χ3v) is 3.56. The first-order chi connectivity index (χ1) is 10.2. The Hall–Kier alpha value is -1.74. The third-order valence-electron chi connectivity index (χ3n) is 3.56. The van der Waals surface area contributed by atoms with Gasteiger partial charge in [0, 0.05) is 0 Å². The van der Waals surface area contributed by atoms with E-state index in [-0.39, 0.29) is 17.6 Å². The van der Waals surface area contributed by atoms with Gasteiger partial charge in [-0.25, -0.2) is 8.78 Å². The van der Waals surface area contributed by atoms with E-state index in [4.69, 9.17) is 0 Å². The minimum absolute atomic E-state index is 0.168. The first kappa shape index (κ1) is 15.6. The summed E-state index contributed by atoms with van der Waals surface area (Å²) in [6, 6.07) is 13.5. The summed E-state index contributed by atoms with van der Waals surface area (Å²) in [6.07, 6.45) is 1.38. The van der Waals surface area contributed by atoms with Crippen LogP contribution < -0.4 is 5.32 Å². The fourth-order valence-electron chi connectivity index (χ4n) is 2.54. The zero-order chi connectivity index (χ0) is 15.1. The highest BCUT2D eigenvalue weighted by Crippen LogP contribution is 2.17. The molecular formula is C18H21F2N. The smallest absolute Gasteiger partial charge is 0.126 e. The number of nitrogens with one attached hydrogen (secondary N) is 1. The minimum Gasteiger partial charge on any atom is -0.317 e. The molecule has 1 N–H and O–H groups in total. The summed E-state index contributed by atoms with van der Waals surface area (Å²) < 4.78 is 27.1. The van der Waals surface area contributed by atoms with Gasteiger partial charge in [-0.1, -0.05) is 37.3 Å². The summed E-state index contributed by atoms with van der Waals surface area (Å²) in [7, 11) is 0. The van der Waals surface area contributed by atoms with Crippen LogP contribution in [0.2, 0.25) is 0 Å². The first-order valence-electron chi connectivity index (χ1n) is 7.37. The zero-order valence-electron chi connectivity index (χ0n) is 12.3. The topological polar surface area (TPSA) is 12.0 Å². The third kappa shape index (κ3) is 4.94. The van der Waals surface area contributed by atoms with Gasteiger partial charge in [-0.2, -0.15) is 0 Å². The zero-order valence-corrected chi connectivity index (χ0v) is 12.3. The Morgan fingerprint density at radius 1 is 1.00 bits per heavy atom. The first-order valence-corrected chi connectivity index (χ1v) is 7.37. The molecule has 0 amide bonds. The molecule has 3 heteroatoms. The fourth-order valence-corrected chi connectivity index (χ4v) is 2.54. The number of hydrogen-bond acceptors (Lipinski definition) is 1. The van der Waals surface area contributed by atoms with E-state index < -0.39 is 0 Å². The van der Waals surface area contributed by atoms with Crippen LogP contribution >= 0.6 is 0 Å².